The van der Waals surface area contributed by atoms with Gasteiger partial charge in [-0.25, -0.2) is 4.68 Å². The summed E-state index contributed by atoms with van der Waals surface area (Å²) in [5, 5.41) is 21.0. The molecular weight excluding hydrogens is 234 g/mol. The van der Waals surface area contributed by atoms with Crippen molar-refractivity contribution < 1.29 is 9.90 Å². The number of hydrogen-bond donors (Lipinski definition) is 1. The van der Waals surface area contributed by atoms with Gasteiger partial charge in [0.05, 0.1) is 18.5 Å². The molecule has 0 aliphatic heterocycles. The molecule has 1 saturated carbocycles. The maximum absolute atomic E-state index is 11.5. The van der Waals surface area contributed by atoms with Gasteiger partial charge in [-0.15, -0.1) is 5.10 Å². The third-order valence-electron chi connectivity index (χ3n) is 3.53. The fraction of sp³-hybridized carbons (Fsp3) is 0.818. The van der Waals surface area contributed by atoms with Crippen LogP contribution in [0.5, 0.6) is 0 Å². The molecule has 1 aliphatic carbocycles. The summed E-state index contributed by atoms with van der Waals surface area (Å²) in [6.45, 7) is 0.987. The summed E-state index contributed by atoms with van der Waals surface area (Å²) in [4.78, 5) is 13.5. The van der Waals surface area contributed by atoms with E-state index < -0.39 is 11.4 Å². The zero-order chi connectivity index (χ0) is 13.2. The standard InChI is InChI=1S/C11H19N5O2/c1-15(2)7-9-12-13-14-16(9)8-11(10(17)18)5-3-4-6-11/h3-8H2,1-2H3,(H,17,18). The molecule has 100 valence electrons. The Hall–Kier alpha value is -1.50. The molecule has 0 aromatic carbocycles. The van der Waals surface area contributed by atoms with Crippen LogP contribution in [0.25, 0.3) is 0 Å². The summed E-state index contributed by atoms with van der Waals surface area (Å²) < 4.78 is 1.64. The minimum atomic E-state index is -0.730. The fourth-order valence-electron chi connectivity index (χ4n) is 2.52. The van der Waals surface area contributed by atoms with Crippen LogP contribution >= 0.6 is 0 Å². The van der Waals surface area contributed by atoms with Crippen LogP contribution in [0.2, 0.25) is 0 Å². The molecule has 1 aromatic rings. The van der Waals surface area contributed by atoms with Crippen molar-refractivity contribution in [3.8, 4) is 0 Å². The number of rotatable bonds is 5. The highest BCUT2D eigenvalue weighted by atomic mass is 16.4. The molecule has 1 fully saturated rings. The quantitative estimate of drug-likeness (QED) is 0.816. The average molecular weight is 253 g/mol. The number of aromatic nitrogens is 4. The van der Waals surface area contributed by atoms with Crippen molar-refractivity contribution in [2.45, 2.75) is 38.8 Å². The Morgan fingerprint density at radius 1 is 1.44 bits per heavy atom. The molecule has 0 spiro atoms. The van der Waals surface area contributed by atoms with Crippen LogP contribution in [0.4, 0.5) is 0 Å². The normalized spacial score (nSPS) is 18.4. The van der Waals surface area contributed by atoms with Gasteiger partial charge in [0.2, 0.25) is 0 Å². The highest BCUT2D eigenvalue weighted by Gasteiger charge is 2.42. The van der Waals surface area contributed by atoms with E-state index in [9.17, 15) is 9.90 Å². The molecule has 1 aliphatic rings. The smallest absolute Gasteiger partial charge is 0.311 e. The second-order valence-corrected chi connectivity index (χ2v) is 5.28. The number of carbonyl (C=O) groups is 1. The highest BCUT2D eigenvalue weighted by Crippen LogP contribution is 2.39. The van der Waals surface area contributed by atoms with E-state index in [4.69, 9.17) is 0 Å². The van der Waals surface area contributed by atoms with Crippen LogP contribution < -0.4 is 0 Å². The largest absolute Gasteiger partial charge is 0.481 e. The van der Waals surface area contributed by atoms with Crippen molar-refractivity contribution in [1.29, 1.82) is 0 Å². The summed E-state index contributed by atoms with van der Waals surface area (Å²) in [6, 6.07) is 0. The Bertz CT molecular complexity index is 423. The van der Waals surface area contributed by atoms with E-state index in [1.807, 2.05) is 19.0 Å². The molecule has 0 unspecified atom stereocenters. The SMILES string of the molecule is CN(C)Cc1nnnn1CC1(C(=O)O)CCCC1. The van der Waals surface area contributed by atoms with E-state index in [1.165, 1.54) is 0 Å². The van der Waals surface area contributed by atoms with E-state index in [0.717, 1.165) is 12.8 Å². The summed E-state index contributed by atoms with van der Waals surface area (Å²) in [5.41, 5.74) is -0.684. The highest BCUT2D eigenvalue weighted by molar-refractivity contribution is 5.74. The summed E-state index contributed by atoms with van der Waals surface area (Å²) >= 11 is 0. The lowest BCUT2D eigenvalue weighted by Crippen LogP contribution is -2.34. The van der Waals surface area contributed by atoms with Gasteiger partial charge < -0.3 is 10.0 Å². The number of tetrazole rings is 1. The van der Waals surface area contributed by atoms with Gasteiger partial charge in [-0.2, -0.15) is 0 Å². The first-order chi connectivity index (χ1) is 8.53. The van der Waals surface area contributed by atoms with Crippen LogP contribution in [0, 0.1) is 5.41 Å². The molecule has 0 radical (unpaired) electrons. The predicted octanol–water partition coefficient (Wildman–Crippen LogP) is 0.380. The van der Waals surface area contributed by atoms with E-state index in [-0.39, 0.29) is 0 Å². The third kappa shape index (κ3) is 2.50. The minimum absolute atomic E-state index is 0.374. The van der Waals surface area contributed by atoms with E-state index in [2.05, 4.69) is 15.5 Å². The Morgan fingerprint density at radius 2 is 2.11 bits per heavy atom. The van der Waals surface area contributed by atoms with Crippen LogP contribution in [0.1, 0.15) is 31.5 Å². The van der Waals surface area contributed by atoms with Gasteiger partial charge in [-0.3, -0.25) is 4.79 Å². The lowest BCUT2D eigenvalue weighted by molar-refractivity contribution is -0.149. The van der Waals surface area contributed by atoms with E-state index in [1.54, 1.807) is 4.68 Å². The van der Waals surface area contributed by atoms with Crippen molar-refractivity contribution in [1.82, 2.24) is 25.1 Å². The van der Waals surface area contributed by atoms with Crippen molar-refractivity contribution in [3.05, 3.63) is 5.82 Å². The number of hydrogen-bond acceptors (Lipinski definition) is 5. The first-order valence-electron chi connectivity index (χ1n) is 6.17. The summed E-state index contributed by atoms with van der Waals surface area (Å²) in [7, 11) is 3.86. The van der Waals surface area contributed by atoms with Gasteiger partial charge in [0.1, 0.15) is 0 Å². The van der Waals surface area contributed by atoms with Gasteiger partial charge in [-0.1, -0.05) is 12.8 Å². The number of carboxylic acids is 1. The maximum Gasteiger partial charge on any atom is 0.311 e. The number of nitrogens with zero attached hydrogens (tertiary/aromatic N) is 5. The minimum Gasteiger partial charge on any atom is -0.481 e. The molecule has 0 bridgehead atoms. The van der Waals surface area contributed by atoms with Crippen LogP contribution in [0.3, 0.4) is 0 Å². The molecule has 18 heavy (non-hydrogen) atoms. The third-order valence-corrected chi connectivity index (χ3v) is 3.53. The molecule has 2 rings (SSSR count). The van der Waals surface area contributed by atoms with Crippen molar-refractivity contribution in [3.63, 3.8) is 0 Å². The molecule has 7 nitrogen and oxygen atoms in total. The van der Waals surface area contributed by atoms with Crippen LogP contribution in [-0.4, -0.2) is 50.3 Å². The maximum atomic E-state index is 11.5. The van der Waals surface area contributed by atoms with Gasteiger partial charge in [0, 0.05) is 0 Å². The predicted molar refractivity (Wildman–Crippen MR) is 63.7 cm³/mol. The Balaban J connectivity index is 2.17. The lowest BCUT2D eigenvalue weighted by atomic mass is 9.86. The van der Waals surface area contributed by atoms with Crippen molar-refractivity contribution >= 4 is 5.97 Å². The van der Waals surface area contributed by atoms with Gasteiger partial charge in [0.15, 0.2) is 5.82 Å². The number of aliphatic carboxylic acids is 1. The summed E-state index contributed by atoms with van der Waals surface area (Å²) in [6.07, 6.45) is 3.36. The molecule has 0 saturated heterocycles. The van der Waals surface area contributed by atoms with E-state index in [0.29, 0.717) is 31.8 Å². The van der Waals surface area contributed by atoms with Crippen LogP contribution in [-0.2, 0) is 17.9 Å². The molecule has 1 N–H and O–H groups in total. The van der Waals surface area contributed by atoms with Crippen molar-refractivity contribution in [2.24, 2.45) is 5.41 Å². The molecule has 1 aromatic heterocycles. The molecule has 7 heteroatoms. The van der Waals surface area contributed by atoms with E-state index >= 15 is 0 Å². The zero-order valence-electron chi connectivity index (χ0n) is 10.8. The molecule has 0 atom stereocenters. The molecular formula is C11H19N5O2. The number of carboxylic acid groups (broad SMARTS) is 1. The van der Waals surface area contributed by atoms with Crippen molar-refractivity contribution in [2.75, 3.05) is 14.1 Å². The zero-order valence-corrected chi connectivity index (χ0v) is 10.8. The van der Waals surface area contributed by atoms with Gasteiger partial charge in [-0.05, 0) is 37.4 Å². The Morgan fingerprint density at radius 3 is 2.67 bits per heavy atom. The topological polar surface area (TPSA) is 84.1 Å². The monoisotopic (exact) mass is 253 g/mol. The van der Waals surface area contributed by atoms with Crippen LogP contribution in [0.15, 0.2) is 0 Å². The van der Waals surface area contributed by atoms with Gasteiger partial charge >= 0.3 is 5.97 Å². The second-order valence-electron chi connectivity index (χ2n) is 5.28. The average Bonchev–Trinajstić information content (AvgIpc) is 2.89. The Kier molecular flexibility index (Phi) is 3.60. The first kappa shape index (κ1) is 12.9. The fourth-order valence-corrected chi connectivity index (χ4v) is 2.52. The first-order valence-corrected chi connectivity index (χ1v) is 6.17. The molecule has 1 heterocycles. The lowest BCUT2D eigenvalue weighted by Gasteiger charge is -2.23. The van der Waals surface area contributed by atoms with Gasteiger partial charge in [0.25, 0.3) is 0 Å². The Labute approximate surface area is 106 Å². The second kappa shape index (κ2) is 5.01. The summed E-state index contributed by atoms with van der Waals surface area (Å²) in [5.74, 6) is -0.0150. The molecule has 0 amide bonds.